The van der Waals surface area contributed by atoms with E-state index in [0.29, 0.717) is 5.69 Å². The van der Waals surface area contributed by atoms with E-state index in [-0.39, 0.29) is 5.11 Å². The molecule has 0 atom stereocenters. The van der Waals surface area contributed by atoms with Gasteiger partial charge in [0.1, 0.15) is 5.56 Å². The molecule has 1 amide bonds. The molecule has 3 rings (SSSR count). The number of methoxy groups -OCH3 is 1. The smallest absolute Gasteiger partial charge is 0.263 e. The molecular weight excluding hydrogens is 448 g/mol. The Hall–Kier alpha value is -2.92. The van der Waals surface area contributed by atoms with Crippen LogP contribution in [0.3, 0.4) is 0 Å². The van der Waals surface area contributed by atoms with Gasteiger partial charge in [0.2, 0.25) is 11.6 Å². The quantitative estimate of drug-likeness (QED) is 0.396. The Balaban J connectivity index is 1.64. The molecule has 0 bridgehead atoms. The summed E-state index contributed by atoms with van der Waals surface area (Å²) in [7, 11) is 0.843. The van der Waals surface area contributed by atoms with Crippen LogP contribution in [0, 0.1) is 23.3 Å². The number of piperazine rings is 1. The largest absolute Gasteiger partial charge is 0.491 e. The predicted octanol–water partition coefficient (Wildman–Crippen LogP) is 3.52. The minimum atomic E-state index is -1.88. The summed E-state index contributed by atoms with van der Waals surface area (Å²) in [5.41, 5.74) is 0.0976. The fraction of sp³-hybridized carbons (Fsp3) is 0.333. The Morgan fingerprint density at radius 2 is 1.56 bits per heavy atom. The van der Waals surface area contributed by atoms with Gasteiger partial charge in [-0.1, -0.05) is 6.92 Å². The van der Waals surface area contributed by atoms with Crippen molar-refractivity contribution in [1.29, 1.82) is 0 Å². The number of carbonyl (C=O) groups excluding carboxylic acids is 1. The summed E-state index contributed by atoms with van der Waals surface area (Å²) in [5, 5.41) is 4.42. The summed E-state index contributed by atoms with van der Waals surface area (Å²) in [6.45, 7) is 6.91. The molecule has 0 unspecified atom stereocenters. The molecule has 1 aliphatic heterocycles. The number of hydrogen-bond donors (Lipinski definition) is 2. The van der Waals surface area contributed by atoms with E-state index in [9.17, 15) is 22.4 Å². The predicted molar refractivity (Wildman–Crippen MR) is 117 cm³/mol. The van der Waals surface area contributed by atoms with Crippen LogP contribution in [0.2, 0.25) is 0 Å². The van der Waals surface area contributed by atoms with E-state index in [1.807, 2.05) is 17.4 Å². The van der Waals surface area contributed by atoms with Crippen molar-refractivity contribution >= 4 is 34.6 Å². The number of amides is 1. The number of nitrogens with zero attached hydrogens (tertiary/aromatic N) is 2. The molecule has 6 nitrogen and oxygen atoms in total. The third-order valence-corrected chi connectivity index (χ3v) is 5.40. The van der Waals surface area contributed by atoms with Gasteiger partial charge < -0.3 is 19.9 Å². The molecule has 0 aromatic heterocycles. The third-order valence-electron chi connectivity index (χ3n) is 5.19. The molecule has 0 aliphatic carbocycles. The summed E-state index contributed by atoms with van der Waals surface area (Å²) in [4.78, 5) is 16.8. The lowest BCUT2D eigenvalue weighted by molar-refractivity contribution is 0.0966. The average Bonchev–Trinajstić information content (AvgIpc) is 2.79. The first-order valence-electron chi connectivity index (χ1n) is 9.86. The highest BCUT2D eigenvalue weighted by Crippen LogP contribution is 2.29. The van der Waals surface area contributed by atoms with E-state index in [1.54, 1.807) is 12.1 Å². The second-order valence-corrected chi connectivity index (χ2v) is 7.45. The summed E-state index contributed by atoms with van der Waals surface area (Å²) in [5.74, 6) is -10.1. The first-order valence-corrected chi connectivity index (χ1v) is 10.3. The molecule has 32 heavy (non-hydrogen) atoms. The van der Waals surface area contributed by atoms with Crippen LogP contribution in [-0.2, 0) is 0 Å². The van der Waals surface area contributed by atoms with Crippen LogP contribution in [0.15, 0.2) is 24.3 Å². The molecule has 2 N–H and O–H groups in total. The maximum Gasteiger partial charge on any atom is 0.263 e. The van der Waals surface area contributed by atoms with Crippen molar-refractivity contribution in [2.75, 3.05) is 50.1 Å². The normalized spacial score (nSPS) is 14.2. The number of nitrogens with one attached hydrogen (secondary N) is 2. The van der Waals surface area contributed by atoms with Crippen molar-refractivity contribution in [2.45, 2.75) is 6.92 Å². The first kappa shape index (κ1) is 23.7. The zero-order chi connectivity index (χ0) is 23.4. The summed E-state index contributed by atoms with van der Waals surface area (Å²) in [6.07, 6.45) is 0. The Kier molecular flexibility index (Phi) is 7.52. The van der Waals surface area contributed by atoms with Gasteiger partial charge in [0.15, 0.2) is 22.5 Å². The summed E-state index contributed by atoms with van der Waals surface area (Å²) < 4.78 is 60.2. The summed E-state index contributed by atoms with van der Waals surface area (Å²) >= 11 is 4.98. The molecule has 1 fully saturated rings. The van der Waals surface area contributed by atoms with Gasteiger partial charge in [-0.15, -0.1) is 0 Å². The fourth-order valence-corrected chi connectivity index (χ4v) is 3.61. The van der Waals surface area contributed by atoms with Crippen LogP contribution >= 0.6 is 12.2 Å². The zero-order valence-electron chi connectivity index (χ0n) is 17.5. The fourth-order valence-electron chi connectivity index (χ4n) is 3.40. The van der Waals surface area contributed by atoms with Crippen LogP contribution in [0.5, 0.6) is 5.75 Å². The Labute approximate surface area is 188 Å². The van der Waals surface area contributed by atoms with Crippen molar-refractivity contribution in [2.24, 2.45) is 0 Å². The Morgan fingerprint density at radius 3 is 2.06 bits per heavy atom. The maximum absolute atomic E-state index is 14.1. The van der Waals surface area contributed by atoms with Gasteiger partial charge >= 0.3 is 0 Å². The number of thiocarbonyl (C=S) groups is 1. The molecular formula is C21H22F4N4O2S. The number of halogens is 4. The Morgan fingerprint density at radius 1 is 1.00 bits per heavy atom. The van der Waals surface area contributed by atoms with E-state index in [0.717, 1.165) is 45.5 Å². The highest BCUT2D eigenvalue weighted by molar-refractivity contribution is 7.80. The van der Waals surface area contributed by atoms with Gasteiger partial charge in [0, 0.05) is 37.6 Å². The van der Waals surface area contributed by atoms with Gasteiger partial charge in [-0.2, -0.15) is 8.78 Å². The number of benzene rings is 2. The van der Waals surface area contributed by atoms with Crippen molar-refractivity contribution in [1.82, 2.24) is 10.2 Å². The topological polar surface area (TPSA) is 56.8 Å². The monoisotopic (exact) mass is 470 g/mol. The van der Waals surface area contributed by atoms with Gasteiger partial charge in [-0.3, -0.25) is 10.1 Å². The average molecular weight is 470 g/mol. The molecule has 1 heterocycles. The second kappa shape index (κ2) is 10.1. The number of rotatable bonds is 5. The highest BCUT2D eigenvalue weighted by Gasteiger charge is 2.30. The lowest BCUT2D eigenvalue weighted by atomic mass is 10.1. The van der Waals surface area contributed by atoms with E-state index >= 15 is 0 Å². The molecule has 1 aliphatic rings. The van der Waals surface area contributed by atoms with Gasteiger partial charge in [0.25, 0.3) is 5.91 Å². The number of hydrogen-bond acceptors (Lipinski definition) is 5. The lowest BCUT2D eigenvalue weighted by Gasteiger charge is -2.35. The molecule has 0 saturated carbocycles. The zero-order valence-corrected chi connectivity index (χ0v) is 18.3. The van der Waals surface area contributed by atoms with E-state index in [1.165, 1.54) is 0 Å². The van der Waals surface area contributed by atoms with Crippen LogP contribution in [0.4, 0.5) is 28.9 Å². The Bertz CT molecular complexity index is 983. The molecule has 0 radical (unpaired) electrons. The van der Waals surface area contributed by atoms with Gasteiger partial charge in [-0.05, 0) is 43.0 Å². The molecule has 2 aromatic rings. The molecule has 2 aromatic carbocycles. The SMILES string of the molecule is CCN1CCN(c2ccc(NC(=S)NC(=O)c3c(F)c(F)c(OC)c(F)c3F)cc2)CC1. The van der Waals surface area contributed by atoms with Crippen molar-refractivity contribution in [3.8, 4) is 5.75 Å². The van der Waals surface area contributed by atoms with Crippen molar-refractivity contribution in [3.05, 3.63) is 53.1 Å². The van der Waals surface area contributed by atoms with Crippen LogP contribution in [-0.4, -0.2) is 55.8 Å². The first-order chi connectivity index (χ1) is 15.3. The standard InChI is InChI=1S/C21H22F4N4O2S/c1-3-28-8-10-29(11-9-28)13-6-4-12(5-7-13)26-21(32)27-20(30)14-15(22)17(24)19(31-2)18(25)16(14)23/h4-7H,3,8-11H2,1-2H3,(H2,26,27,30,32). The van der Waals surface area contributed by atoms with Crippen LogP contribution in [0.25, 0.3) is 0 Å². The second-order valence-electron chi connectivity index (χ2n) is 7.04. The van der Waals surface area contributed by atoms with E-state index in [4.69, 9.17) is 12.2 Å². The number of ether oxygens (including phenoxy) is 1. The third kappa shape index (κ3) is 4.94. The van der Waals surface area contributed by atoms with Crippen molar-refractivity contribution in [3.63, 3.8) is 0 Å². The van der Waals surface area contributed by atoms with E-state index < -0.39 is 40.5 Å². The highest BCUT2D eigenvalue weighted by atomic mass is 32.1. The molecule has 1 saturated heterocycles. The summed E-state index contributed by atoms with van der Waals surface area (Å²) in [6, 6.07) is 7.21. The molecule has 172 valence electrons. The minimum absolute atomic E-state index is 0.297. The number of carbonyl (C=O) groups is 1. The molecule has 11 heteroatoms. The van der Waals surface area contributed by atoms with Gasteiger partial charge in [0.05, 0.1) is 7.11 Å². The number of anilines is 2. The van der Waals surface area contributed by atoms with Gasteiger partial charge in [-0.25, -0.2) is 8.78 Å². The molecule has 0 spiro atoms. The van der Waals surface area contributed by atoms with Crippen molar-refractivity contribution < 1.29 is 27.1 Å². The number of likely N-dealkylation sites (N-methyl/N-ethyl adjacent to an activating group) is 1. The van der Waals surface area contributed by atoms with E-state index in [2.05, 4.69) is 26.8 Å². The minimum Gasteiger partial charge on any atom is -0.491 e. The lowest BCUT2D eigenvalue weighted by Crippen LogP contribution is -2.46. The maximum atomic E-state index is 14.1. The van der Waals surface area contributed by atoms with Crippen LogP contribution < -0.4 is 20.3 Å². The van der Waals surface area contributed by atoms with Crippen LogP contribution in [0.1, 0.15) is 17.3 Å².